The van der Waals surface area contributed by atoms with Crippen LogP contribution in [0.2, 0.25) is 0 Å². The van der Waals surface area contributed by atoms with Gasteiger partial charge in [-0.3, -0.25) is 4.79 Å². The quantitative estimate of drug-likeness (QED) is 0.436. The highest BCUT2D eigenvalue weighted by Gasteiger charge is 2.35. The summed E-state index contributed by atoms with van der Waals surface area (Å²) >= 11 is 0. The number of aryl methyl sites for hydroxylation is 1. The largest absolute Gasteiger partial charge is 0.508 e. The number of esters is 1. The Balaban J connectivity index is 1.95. The second-order valence-electron chi connectivity index (χ2n) is 9.57. The van der Waals surface area contributed by atoms with Crippen molar-refractivity contribution in [3.63, 3.8) is 0 Å². The topological polar surface area (TPSA) is 80.6 Å². The van der Waals surface area contributed by atoms with Crippen LogP contribution in [0.3, 0.4) is 0 Å². The fourth-order valence-electron chi connectivity index (χ4n) is 3.94. The smallest absolute Gasteiger partial charge is 0.418 e. The van der Waals surface area contributed by atoms with Gasteiger partial charge in [-0.15, -0.1) is 0 Å². The molecule has 2 aromatic carbocycles. The average molecular weight is 503 g/mol. The molecular weight excluding hydrogens is 473 g/mol. The number of phenols is 1. The summed E-state index contributed by atoms with van der Waals surface area (Å²) in [5, 5.41) is 12.2. The fourth-order valence-corrected chi connectivity index (χ4v) is 3.94. The summed E-state index contributed by atoms with van der Waals surface area (Å²) in [5.41, 5.74) is -0.163. The molecule has 0 aliphatic carbocycles. The zero-order chi connectivity index (χ0) is 26.8. The SMILES string of the molecule is Cc1cc(C(=O)N[C@@H](Cc2ccc(O)cc2)C(=O)OC(C)(C)C)c(C)n1-c1ccccc1C(F)(F)F. The number of rotatable bonds is 6. The molecule has 2 N–H and O–H groups in total. The molecule has 1 aromatic heterocycles. The van der Waals surface area contributed by atoms with Crippen molar-refractivity contribution in [3.05, 3.63) is 82.7 Å². The number of para-hydroxylation sites is 1. The van der Waals surface area contributed by atoms with Crippen molar-refractivity contribution in [3.8, 4) is 11.4 Å². The highest BCUT2D eigenvalue weighted by molar-refractivity contribution is 5.98. The van der Waals surface area contributed by atoms with Gasteiger partial charge in [0.2, 0.25) is 0 Å². The maximum atomic E-state index is 13.6. The first-order valence-electron chi connectivity index (χ1n) is 11.3. The van der Waals surface area contributed by atoms with Crippen LogP contribution in [0.15, 0.2) is 54.6 Å². The zero-order valence-corrected chi connectivity index (χ0v) is 20.7. The summed E-state index contributed by atoms with van der Waals surface area (Å²) in [4.78, 5) is 26.2. The maximum absolute atomic E-state index is 13.6. The number of ether oxygens (including phenoxy) is 1. The van der Waals surface area contributed by atoms with Crippen molar-refractivity contribution >= 4 is 11.9 Å². The lowest BCUT2D eigenvalue weighted by Gasteiger charge is -2.25. The number of hydrogen-bond donors (Lipinski definition) is 2. The predicted octanol–water partition coefficient (Wildman–Crippen LogP) is 5.50. The van der Waals surface area contributed by atoms with Gasteiger partial charge in [-0.2, -0.15) is 13.2 Å². The maximum Gasteiger partial charge on any atom is 0.418 e. The Kier molecular flexibility index (Phi) is 7.52. The zero-order valence-electron chi connectivity index (χ0n) is 20.7. The van der Waals surface area contributed by atoms with Gasteiger partial charge in [-0.25, -0.2) is 4.79 Å². The standard InChI is InChI=1S/C27H29F3N2O4/c1-16-14-20(17(2)32(16)23-9-7-6-8-21(23)27(28,29)30)24(34)31-22(25(35)36-26(3,4)5)15-18-10-12-19(33)13-11-18/h6-14,22,33H,15H2,1-5H3,(H,31,34)/t22-/m0/s1. The third-order valence-electron chi connectivity index (χ3n) is 5.50. The van der Waals surface area contributed by atoms with E-state index in [2.05, 4.69) is 5.32 Å². The average Bonchev–Trinajstić information content (AvgIpc) is 3.06. The van der Waals surface area contributed by atoms with Crippen LogP contribution < -0.4 is 5.32 Å². The van der Waals surface area contributed by atoms with Crippen LogP contribution >= 0.6 is 0 Å². The lowest BCUT2D eigenvalue weighted by Crippen LogP contribution is -2.45. The van der Waals surface area contributed by atoms with Crippen LogP contribution in [0.1, 0.15) is 53.6 Å². The van der Waals surface area contributed by atoms with E-state index in [1.807, 2.05) is 0 Å². The van der Waals surface area contributed by atoms with E-state index in [1.54, 1.807) is 46.8 Å². The summed E-state index contributed by atoms with van der Waals surface area (Å²) in [6.07, 6.45) is -4.48. The molecule has 0 aliphatic rings. The molecule has 1 amide bonds. The number of halogens is 3. The molecule has 0 radical (unpaired) electrons. The molecule has 1 atom stereocenters. The summed E-state index contributed by atoms with van der Waals surface area (Å²) in [5.74, 6) is -1.21. The number of amides is 1. The third kappa shape index (κ3) is 6.27. The molecule has 0 aliphatic heterocycles. The second kappa shape index (κ2) is 10.1. The van der Waals surface area contributed by atoms with Gasteiger partial charge < -0.3 is 19.7 Å². The van der Waals surface area contributed by atoms with Crippen LogP contribution in [0, 0.1) is 13.8 Å². The summed E-state index contributed by atoms with van der Waals surface area (Å²) in [6, 6.07) is 11.8. The number of nitrogens with one attached hydrogen (secondary N) is 1. The molecule has 3 aromatic rings. The molecule has 0 saturated heterocycles. The number of carbonyl (C=O) groups is 2. The number of phenolic OH excluding ortho intramolecular Hbond substituents is 1. The minimum Gasteiger partial charge on any atom is -0.508 e. The van der Waals surface area contributed by atoms with Gasteiger partial charge in [0.05, 0.1) is 16.8 Å². The van der Waals surface area contributed by atoms with Gasteiger partial charge in [0, 0.05) is 17.8 Å². The number of hydrogen-bond acceptors (Lipinski definition) is 4. The van der Waals surface area contributed by atoms with Crippen molar-refractivity contribution in [2.45, 2.75) is 58.9 Å². The van der Waals surface area contributed by atoms with E-state index in [0.717, 1.165) is 6.07 Å². The van der Waals surface area contributed by atoms with Gasteiger partial charge in [0.15, 0.2) is 0 Å². The van der Waals surface area contributed by atoms with Gasteiger partial charge in [-0.05, 0) is 70.5 Å². The number of aromatic nitrogens is 1. The summed E-state index contributed by atoms with van der Waals surface area (Å²) in [7, 11) is 0. The number of alkyl halides is 3. The second-order valence-corrected chi connectivity index (χ2v) is 9.57. The fraction of sp³-hybridized carbons (Fsp3) is 0.333. The molecule has 0 fully saturated rings. The monoisotopic (exact) mass is 502 g/mol. The first-order valence-corrected chi connectivity index (χ1v) is 11.3. The molecule has 9 heteroatoms. The van der Waals surface area contributed by atoms with E-state index in [4.69, 9.17) is 4.74 Å². The van der Waals surface area contributed by atoms with Crippen molar-refractivity contribution in [1.82, 2.24) is 9.88 Å². The van der Waals surface area contributed by atoms with Crippen molar-refractivity contribution < 1.29 is 32.6 Å². The lowest BCUT2D eigenvalue weighted by atomic mass is 10.0. The molecule has 6 nitrogen and oxygen atoms in total. The Morgan fingerprint density at radius 3 is 2.22 bits per heavy atom. The number of benzene rings is 2. The molecule has 0 spiro atoms. The molecular formula is C27H29F3N2O4. The molecule has 3 rings (SSSR count). The van der Waals surface area contributed by atoms with Crippen LogP contribution in [0.4, 0.5) is 13.2 Å². The molecule has 0 unspecified atom stereocenters. The summed E-state index contributed by atoms with van der Waals surface area (Å²) < 4.78 is 47.7. The minimum absolute atomic E-state index is 0.0585. The highest BCUT2D eigenvalue weighted by atomic mass is 19.4. The van der Waals surface area contributed by atoms with Crippen LogP contribution in [-0.4, -0.2) is 33.2 Å². The minimum atomic E-state index is -4.58. The molecule has 36 heavy (non-hydrogen) atoms. The highest BCUT2D eigenvalue weighted by Crippen LogP contribution is 2.35. The number of nitrogens with zero attached hydrogens (tertiary/aromatic N) is 1. The van der Waals surface area contributed by atoms with Gasteiger partial charge in [0.25, 0.3) is 5.91 Å². The van der Waals surface area contributed by atoms with E-state index < -0.39 is 35.3 Å². The van der Waals surface area contributed by atoms with Crippen molar-refractivity contribution in [2.75, 3.05) is 0 Å². The van der Waals surface area contributed by atoms with Crippen LogP contribution in [-0.2, 0) is 22.1 Å². The Labute approximate surface area is 207 Å². The molecule has 0 saturated carbocycles. The van der Waals surface area contributed by atoms with E-state index in [0.29, 0.717) is 17.0 Å². The Bertz CT molecular complexity index is 1260. The van der Waals surface area contributed by atoms with E-state index in [1.165, 1.54) is 41.0 Å². The van der Waals surface area contributed by atoms with Gasteiger partial charge >= 0.3 is 12.1 Å². The van der Waals surface area contributed by atoms with E-state index >= 15 is 0 Å². The number of aromatic hydroxyl groups is 1. The van der Waals surface area contributed by atoms with Crippen LogP contribution in [0.5, 0.6) is 5.75 Å². The first kappa shape index (κ1) is 26.8. The van der Waals surface area contributed by atoms with Crippen LogP contribution in [0.25, 0.3) is 5.69 Å². The Morgan fingerprint density at radius 2 is 1.64 bits per heavy atom. The predicted molar refractivity (Wildman–Crippen MR) is 129 cm³/mol. The Morgan fingerprint density at radius 1 is 1.03 bits per heavy atom. The number of carbonyl (C=O) groups excluding carboxylic acids is 2. The van der Waals surface area contributed by atoms with E-state index in [-0.39, 0.29) is 23.4 Å². The first-order chi connectivity index (χ1) is 16.7. The molecule has 0 bridgehead atoms. The third-order valence-corrected chi connectivity index (χ3v) is 5.50. The molecule has 192 valence electrons. The van der Waals surface area contributed by atoms with Crippen molar-refractivity contribution in [1.29, 1.82) is 0 Å². The van der Waals surface area contributed by atoms with Crippen molar-refractivity contribution in [2.24, 2.45) is 0 Å². The van der Waals surface area contributed by atoms with Gasteiger partial charge in [-0.1, -0.05) is 24.3 Å². The van der Waals surface area contributed by atoms with E-state index in [9.17, 15) is 27.9 Å². The Hall–Kier alpha value is -3.75. The van der Waals surface area contributed by atoms with Gasteiger partial charge in [0.1, 0.15) is 17.4 Å². The molecule has 1 heterocycles. The lowest BCUT2D eigenvalue weighted by molar-refractivity contribution is -0.157. The normalized spacial score (nSPS) is 12.8. The summed E-state index contributed by atoms with van der Waals surface area (Å²) in [6.45, 7) is 8.28.